The third-order valence-corrected chi connectivity index (χ3v) is 3.67. The topological polar surface area (TPSA) is 99.4 Å². The third kappa shape index (κ3) is 2.40. The van der Waals surface area contributed by atoms with Crippen LogP contribution < -0.4 is 5.32 Å². The summed E-state index contributed by atoms with van der Waals surface area (Å²) in [5.74, 6) is -0.455. The van der Waals surface area contributed by atoms with Gasteiger partial charge >= 0.3 is 6.16 Å². The first-order valence-corrected chi connectivity index (χ1v) is 6.18. The average molecular weight is 252 g/mol. The first-order chi connectivity index (χ1) is 8.52. The summed E-state index contributed by atoms with van der Waals surface area (Å²) in [6.07, 6.45) is 3.10. The smallest absolute Gasteiger partial charge is 0.450 e. The van der Waals surface area contributed by atoms with Gasteiger partial charge in [0.25, 0.3) is 5.91 Å². The highest BCUT2D eigenvalue weighted by Gasteiger charge is 2.51. The van der Waals surface area contributed by atoms with E-state index in [1.165, 1.54) is 0 Å². The number of rotatable bonds is 3. The van der Waals surface area contributed by atoms with Gasteiger partial charge < -0.3 is 15.2 Å². The van der Waals surface area contributed by atoms with Gasteiger partial charge in [0.05, 0.1) is 6.07 Å². The summed E-state index contributed by atoms with van der Waals surface area (Å²) in [7, 11) is 0. The molecule has 2 fully saturated rings. The summed E-state index contributed by atoms with van der Waals surface area (Å²) >= 11 is 0. The third-order valence-electron chi connectivity index (χ3n) is 3.67. The van der Waals surface area contributed by atoms with Crippen molar-refractivity contribution in [3.05, 3.63) is 0 Å². The molecule has 0 unspecified atom stereocenters. The molecule has 18 heavy (non-hydrogen) atoms. The number of amides is 1. The maximum Gasteiger partial charge on any atom is 0.506 e. The van der Waals surface area contributed by atoms with Gasteiger partial charge in [-0.3, -0.25) is 4.79 Å². The molecule has 6 heteroatoms. The normalized spacial score (nSPS) is 23.5. The number of nitrogens with one attached hydrogen (secondary N) is 1. The highest BCUT2D eigenvalue weighted by molar-refractivity contribution is 5.88. The largest absolute Gasteiger partial charge is 0.506 e. The van der Waals surface area contributed by atoms with Gasteiger partial charge in [0, 0.05) is 0 Å². The predicted molar refractivity (Wildman–Crippen MR) is 60.6 cm³/mol. The van der Waals surface area contributed by atoms with Gasteiger partial charge in [-0.15, -0.1) is 0 Å². The molecule has 0 aromatic rings. The SMILES string of the molecule is N#CC1(NC(=O)C2(OC(=O)O)CCCCC2)CC1. The van der Waals surface area contributed by atoms with E-state index in [0.717, 1.165) is 19.3 Å². The van der Waals surface area contributed by atoms with E-state index in [9.17, 15) is 9.59 Å². The zero-order chi connectivity index (χ0) is 13.2. The Kier molecular flexibility index (Phi) is 3.16. The molecule has 1 amide bonds. The highest BCUT2D eigenvalue weighted by atomic mass is 16.7. The molecule has 0 aliphatic heterocycles. The van der Waals surface area contributed by atoms with Gasteiger partial charge in [-0.2, -0.15) is 5.26 Å². The summed E-state index contributed by atoms with van der Waals surface area (Å²) in [6.45, 7) is 0. The molecule has 2 aliphatic rings. The zero-order valence-corrected chi connectivity index (χ0v) is 10.1. The van der Waals surface area contributed by atoms with Crippen LogP contribution in [-0.4, -0.2) is 28.3 Å². The molecule has 0 aromatic carbocycles. The van der Waals surface area contributed by atoms with Gasteiger partial charge in [-0.25, -0.2) is 4.79 Å². The average Bonchev–Trinajstić information content (AvgIpc) is 3.10. The van der Waals surface area contributed by atoms with Gasteiger partial charge in [0.2, 0.25) is 0 Å². The summed E-state index contributed by atoms with van der Waals surface area (Å²) in [5.41, 5.74) is -2.08. The molecule has 0 saturated heterocycles. The summed E-state index contributed by atoms with van der Waals surface area (Å²) in [6, 6.07) is 2.06. The monoisotopic (exact) mass is 252 g/mol. The quantitative estimate of drug-likeness (QED) is 0.742. The number of nitriles is 1. The first kappa shape index (κ1) is 12.7. The van der Waals surface area contributed by atoms with E-state index >= 15 is 0 Å². The molecule has 0 radical (unpaired) electrons. The van der Waals surface area contributed by atoms with E-state index < -0.39 is 23.2 Å². The van der Waals surface area contributed by atoms with Crippen molar-refractivity contribution in [2.75, 3.05) is 0 Å². The molecule has 98 valence electrons. The molecule has 0 spiro atoms. The Morgan fingerprint density at radius 1 is 1.17 bits per heavy atom. The van der Waals surface area contributed by atoms with Crippen LogP contribution in [0.3, 0.4) is 0 Å². The lowest BCUT2D eigenvalue weighted by Crippen LogP contribution is -2.54. The number of hydrogen-bond donors (Lipinski definition) is 2. The van der Waals surface area contributed by atoms with Crippen molar-refractivity contribution in [2.24, 2.45) is 0 Å². The van der Waals surface area contributed by atoms with Crippen LogP contribution in [0, 0.1) is 11.3 Å². The Morgan fingerprint density at radius 2 is 1.78 bits per heavy atom. The van der Waals surface area contributed by atoms with Crippen LogP contribution in [0.1, 0.15) is 44.9 Å². The van der Waals surface area contributed by atoms with E-state index in [4.69, 9.17) is 15.1 Å². The van der Waals surface area contributed by atoms with Crippen molar-refractivity contribution in [1.29, 1.82) is 5.26 Å². The Labute approximate surface area is 105 Å². The van der Waals surface area contributed by atoms with Crippen LogP contribution >= 0.6 is 0 Å². The number of nitrogens with zero attached hydrogens (tertiary/aromatic N) is 1. The Bertz CT molecular complexity index is 403. The minimum absolute atomic E-state index is 0.395. The number of carboxylic acid groups (broad SMARTS) is 1. The Balaban J connectivity index is 2.10. The summed E-state index contributed by atoms with van der Waals surface area (Å²) in [4.78, 5) is 23.0. The highest BCUT2D eigenvalue weighted by Crippen LogP contribution is 2.38. The van der Waals surface area contributed by atoms with Gasteiger partial charge in [-0.05, 0) is 38.5 Å². The molecule has 2 aliphatic carbocycles. The molecule has 6 nitrogen and oxygen atoms in total. The van der Waals surface area contributed by atoms with Crippen LogP contribution in [0.25, 0.3) is 0 Å². The minimum atomic E-state index is -1.44. The maximum absolute atomic E-state index is 12.2. The minimum Gasteiger partial charge on any atom is -0.450 e. The van der Waals surface area contributed by atoms with Gasteiger partial charge in [0.1, 0.15) is 5.54 Å². The molecular weight excluding hydrogens is 236 g/mol. The second kappa shape index (κ2) is 4.48. The van der Waals surface area contributed by atoms with Crippen molar-refractivity contribution < 1.29 is 19.4 Å². The number of carbonyl (C=O) groups is 2. The molecule has 2 rings (SSSR count). The van der Waals surface area contributed by atoms with Crippen LogP contribution in [0.4, 0.5) is 4.79 Å². The Hall–Kier alpha value is -1.77. The van der Waals surface area contributed by atoms with Crippen molar-refractivity contribution in [2.45, 2.75) is 56.1 Å². The van der Waals surface area contributed by atoms with Crippen LogP contribution in [0.2, 0.25) is 0 Å². The van der Waals surface area contributed by atoms with Gasteiger partial charge in [-0.1, -0.05) is 6.42 Å². The van der Waals surface area contributed by atoms with Crippen molar-refractivity contribution in [3.63, 3.8) is 0 Å². The van der Waals surface area contributed by atoms with Crippen LogP contribution in [-0.2, 0) is 9.53 Å². The van der Waals surface area contributed by atoms with Crippen LogP contribution in [0.15, 0.2) is 0 Å². The lowest BCUT2D eigenvalue weighted by Gasteiger charge is -2.34. The fourth-order valence-electron chi connectivity index (χ4n) is 2.39. The molecule has 2 saturated carbocycles. The predicted octanol–water partition coefficient (Wildman–Crippen LogP) is 1.56. The lowest BCUT2D eigenvalue weighted by molar-refractivity contribution is -0.146. The molecule has 0 heterocycles. The number of carbonyl (C=O) groups excluding carboxylic acids is 1. The molecule has 0 bridgehead atoms. The second-order valence-corrected chi connectivity index (χ2v) is 5.07. The summed E-state index contributed by atoms with van der Waals surface area (Å²) < 4.78 is 4.85. The maximum atomic E-state index is 12.2. The number of hydrogen-bond acceptors (Lipinski definition) is 4. The molecule has 2 N–H and O–H groups in total. The van der Waals surface area contributed by atoms with Gasteiger partial charge in [0.15, 0.2) is 5.60 Å². The lowest BCUT2D eigenvalue weighted by atomic mass is 9.83. The molecule has 0 aromatic heterocycles. The van der Waals surface area contributed by atoms with Crippen LogP contribution in [0.5, 0.6) is 0 Å². The van der Waals surface area contributed by atoms with E-state index in [1.54, 1.807) is 0 Å². The molecule has 0 atom stereocenters. The van der Waals surface area contributed by atoms with E-state index in [1.807, 2.05) is 0 Å². The van der Waals surface area contributed by atoms with Crippen molar-refractivity contribution in [1.82, 2.24) is 5.32 Å². The fourth-order valence-corrected chi connectivity index (χ4v) is 2.39. The number of ether oxygens (including phenoxy) is 1. The Morgan fingerprint density at radius 3 is 2.22 bits per heavy atom. The zero-order valence-electron chi connectivity index (χ0n) is 10.1. The van der Waals surface area contributed by atoms with Crippen molar-refractivity contribution in [3.8, 4) is 6.07 Å². The van der Waals surface area contributed by atoms with E-state index in [-0.39, 0.29) is 0 Å². The second-order valence-electron chi connectivity index (χ2n) is 5.07. The standard InChI is InChI=1S/C12H16N2O4/c13-8-11(6-7-11)14-9(15)12(18-10(16)17)4-2-1-3-5-12/h1-7H2,(H,14,15)(H,16,17). The molecular formula is C12H16N2O4. The van der Waals surface area contributed by atoms with Crippen molar-refractivity contribution >= 4 is 12.1 Å². The van der Waals surface area contributed by atoms with E-state index in [2.05, 4.69) is 11.4 Å². The first-order valence-electron chi connectivity index (χ1n) is 6.18. The fraction of sp³-hybridized carbons (Fsp3) is 0.750. The van der Waals surface area contributed by atoms with E-state index in [0.29, 0.717) is 25.7 Å². The summed E-state index contributed by atoms with van der Waals surface area (Å²) in [5, 5.41) is 20.4.